The van der Waals surface area contributed by atoms with Crippen LogP contribution in [-0.2, 0) is 0 Å². The molecule has 0 N–H and O–H groups in total. The van der Waals surface area contributed by atoms with E-state index in [1.54, 1.807) is 30.3 Å². The van der Waals surface area contributed by atoms with Crippen molar-refractivity contribution in [1.82, 2.24) is 9.88 Å². The van der Waals surface area contributed by atoms with Gasteiger partial charge in [-0.15, -0.1) is 0 Å². The van der Waals surface area contributed by atoms with Crippen LogP contribution in [0, 0.1) is 11.8 Å². The lowest BCUT2D eigenvalue weighted by Crippen LogP contribution is -2.44. The van der Waals surface area contributed by atoms with Gasteiger partial charge < -0.3 is 4.90 Å². The lowest BCUT2D eigenvalue weighted by molar-refractivity contribution is -0.169. The summed E-state index contributed by atoms with van der Waals surface area (Å²) in [4.78, 5) is 16.9. The topological polar surface area (TPSA) is 33.2 Å². The molecule has 0 saturated carbocycles. The van der Waals surface area contributed by atoms with Gasteiger partial charge in [-0.1, -0.05) is 29.5 Å². The van der Waals surface area contributed by atoms with Crippen molar-refractivity contribution >= 4 is 17.5 Å². The van der Waals surface area contributed by atoms with E-state index in [1.165, 1.54) is 12.3 Å². The van der Waals surface area contributed by atoms with Crippen LogP contribution in [0.15, 0.2) is 42.6 Å². The number of aromatic nitrogens is 1. The number of hydrogen-bond acceptors (Lipinski definition) is 2. The maximum atomic E-state index is 12.8. The van der Waals surface area contributed by atoms with Crippen LogP contribution in [-0.4, -0.2) is 35.1 Å². The van der Waals surface area contributed by atoms with Crippen molar-refractivity contribution in [3.63, 3.8) is 0 Å². The van der Waals surface area contributed by atoms with Gasteiger partial charge in [-0.3, -0.25) is 4.79 Å². The summed E-state index contributed by atoms with van der Waals surface area (Å²) in [5.74, 6) is 4.75. The number of benzene rings is 1. The zero-order chi connectivity index (χ0) is 18.6. The third-order valence-corrected chi connectivity index (χ3v) is 3.79. The fourth-order valence-corrected chi connectivity index (χ4v) is 2.14. The van der Waals surface area contributed by atoms with Crippen LogP contribution in [0.3, 0.4) is 0 Å². The van der Waals surface area contributed by atoms with E-state index in [4.69, 9.17) is 11.6 Å². The van der Waals surface area contributed by atoms with E-state index in [2.05, 4.69) is 16.8 Å². The van der Waals surface area contributed by atoms with E-state index in [-0.39, 0.29) is 11.3 Å². The van der Waals surface area contributed by atoms with Crippen molar-refractivity contribution in [3.05, 3.63) is 64.4 Å². The predicted molar refractivity (Wildman–Crippen MR) is 89.3 cm³/mol. The van der Waals surface area contributed by atoms with Crippen molar-refractivity contribution in [2.24, 2.45) is 0 Å². The molecular weight excluding hydrogens is 353 g/mol. The molecule has 1 aromatic carbocycles. The smallest absolute Gasteiger partial charge is 0.329 e. The minimum Gasteiger partial charge on any atom is -0.329 e. The van der Waals surface area contributed by atoms with Crippen LogP contribution in [0.4, 0.5) is 13.2 Å². The number of carbonyl (C=O) groups excluding carboxylic acids is 1. The van der Waals surface area contributed by atoms with E-state index in [0.29, 0.717) is 15.5 Å². The van der Waals surface area contributed by atoms with Crippen molar-refractivity contribution in [1.29, 1.82) is 0 Å². The number of rotatable bonds is 2. The molecule has 7 heteroatoms. The van der Waals surface area contributed by atoms with Gasteiger partial charge in [0.1, 0.15) is 11.7 Å². The Kier molecular flexibility index (Phi) is 5.70. The normalized spacial score (nSPS) is 12.1. The predicted octanol–water partition coefficient (Wildman–Crippen LogP) is 4.16. The minimum atomic E-state index is -4.52. The maximum absolute atomic E-state index is 12.8. The fraction of sp³-hybridized carbons (Fsp3) is 0.222. The molecule has 2 rings (SSSR count). The Morgan fingerprint density at radius 1 is 1.24 bits per heavy atom. The molecule has 0 spiro atoms. The highest BCUT2D eigenvalue weighted by atomic mass is 35.5. The Labute approximate surface area is 148 Å². The average molecular weight is 367 g/mol. The molecule has 1 amide bonds. The zero-order valence-electron chi connectivity index (χ0n) is 13.4. The van der Waals surface area contributed by atoms with Gasteiger partial charge in [0.05, 0.1) is 5.56 Å². The highest BCUT2D eigenvalue weighted by Gasteiger charge is 2.41. The first-order chi connectivity index (χ1) is 11.7. The van der Waals surface area contributed by atoms with Gasteiger partial charge in [0.2, 0.25) is 0 Å². The van der Waals surface area contributed by atoms with E-state index in [0.717, 1.165) is 14.0 Å². The lowest BCUT2D eigenvalue weighted by atomic mass is 10.1. The van der Waals surface area contributed by atoms with Crippen LogP contribution in [0.1, 0.15) is 28.5 Å². The number of pyridine rings is 1. The number of alkyl halides is 3. The third-order valence-electron chi connectivity index (χ3n) is 3.55. The van der Waals surface area contributed by atoms with Crippen molar-refractivity contribution in [2.45, 2.75) is 19.1 Å². The monoisotopic (exact) mass is 366 g/mol. The molecular formula is C18H14ClF3N2O. The fourth-order valence-electron chi connectivity index (χ4n) is 1.94. The first kappa shape index (κ1) is 18.8. The second-order valence-electron chi connectivity index (χ2n) is 5.29. The first-order valence-electron chi connectivity index (χ1n) is 7.26. The molecule has 130 valence electrons. The highest BCUT2D eigenvalue weighted by Crippen LogP contribution is 2.24. The van der Waals surface area contributed by atoms with E-state index in [9.17, 15) is 18.0 Å². The van der Waals surface area contributed by atoms with Gasteiger partial charge in [0.25, 0.3) is 5.91 Å². The van der Waals surface area contributed by atoms with Crippen LogP contribution >= 0.6 is 11.6 Å². The largest absolute Gasteiger partial charge is 0.408 e. The Morgan fingerprint density at radius 2 is 1.96 bits per heavy atom. The van der Waals surface area contributed by atoms with Crippen LogP contribution in [0.5, 0.6) is 0 Å². The number of hydrogen-bond donors (Lipinski definition) is 0. The summed E-state index contributed by atoms with van der Waals surface area (Å²) in [6.45, 7) is 0.915. The number of halogens is 4. The average Bonchev–Trinajstić information content (AvgIpc) is 2.57. The second-order valence-corrected chi connectivity index (χ2v) is 5.73. The van der Waals surface area contributed by atoms with Crippen molar-refractivity contribution < 1.29 is 18.0 Å². The number of amides is 1. The molecule has 1 aromatic heterocycles. The Bertz CT molecular complexity index is 840. The molecule has 1 heterocycles. The molecule has 0 bridgehead atoms. The summed E-state index contributed by atoms with van der Waals surface area (Å²) in [5, 5.41) is 0.507. The van der Waals surface area contributed by atoms with Crippen LogP contribution in [0.25, 0.3) is 0 Å². The molecule has 0 aliphatic rings. The molecule has 1 atom stereocenters. The summed E-state index contributed by atoms with van der Waals surface area (Å²) >= 11 is 5.88. The Balaban J connectivity index is 2.34. The van der Waals surface area contributed by atoms with Gasteiger partial charge >= 0.3 is 6.18 Å². The Hall–Kier alpha value is -2.52. The van der Waals surface area contributed by atoms with Crippen LogP contribution in [0.2, 0.25) is 5.02 Å². The molecule has 25 heavy (non-hydrogen) atoms. The molecule has 0 saturated heterocycles. The molecule has 0 radical (unpaired) electrons. The third kappa shape index (κ3) is 4.74. The van der Waals surface area contributed by atoms with Crippen molar-refractivity contribution in [3.8, 4) is 11.8 Å². The van der Waals surface area contributed by atoms with Gasteiger partial charge in [0, 0.05) is 23.8 Å². The summed E-state index contributed by atoms with van der Waals surface area (Å²) in [7, 11) is 1.09. The standard InChI is InChI=1S/C18H14ClF3N2O/c1-12(18(20,21)22)24(2)17(25)16-14(6-4-10-23-16)9-8-13-5-3-7-15(19)11-13/h3-7,10-12H,1-2H3. The quantitative estimate of drug-likeness (QED) is 0.748. The first-order valence-corrected chi connectivity index (χ1v) is 7.64. The molecule has 3 nitrogen and oxygen atoms in total. The summed E-state index contributed by atoms with van der Waals surface area (Å²) in [5.41, 5.74) is 0.732. The molecule has 2 aromatic rings. The minimum absolute atomic E-state index is 0.129. The maximum Gasteiger partial charge on any atom is 0.408 e. The highest BCUT2D eigenvalue weighted by molar-refractivity contribution is 6.30. The van der Waals surface area contributed by atoms with Gasteiger partial charge in [-0.05, 0) is 37.3 Å². The molecule has 0 aliphatic heterocycles. The number of carbonyl (C=O) groups is 1. The Morgan fingerprint density at radius 3 is 2.60 bits per heavy atom. The lowest BCUT2D eigenvalue weighted by Gasteiger charge is -2.26. The van der Waals surface area contributed by atoms with Crippen LogP contribution < -0.4 is 0 Å². The van der Waals surface area contributed by atoms with E-state index in [1.807, 2.05) is 0 Å². The van der Waals surface area contributed by atoms with Crippen molar-refractivity contribution in [2.75, 3.05) is 7.05 Å². The zero-order valence-corrected chi connectivity index (χ0v) is 14.2. The summed E-state index contributed by atoms with van der Waals surface area (Å²) < 4.78 is 38.5. The molecule has 0 aliphatic carbocycles. The number of nitrogens with zero attached hydrogens (tertiary/aromatic N) is 2. The molecule has 0 fully saturated rings. The van der Waals surface area contributed by atoms with Gasteiger partial charge in [0.15, 0.2) is 0 Å². The summed E-state index contributed by atoms with van der Waals surface area (Å²) in [6, 6.07) is 7.95. The second kappa shape index (κ2) is 7.58. The SMILES string of the molecule is CC(N(C)C(=O)c1ncccc1C#Cc1cccc(Cl)c1)C(F)(F)F. The summed E-state index contributed by atoms with van der Waals surface area (Å²) in [6.07, 6.45) is -3.18. The van der Waals surface area contributed by atoms with E-state index < -0.39 is 18.1 Å². The van der Waals surface area contributed by atoms with E-state index >= 15 is 0 Å². The van der Waals surface area contributed by atoms with Gasteiger partial charge in [-0.25, -0.2) is 4.98 Å². The molecule has 1 unspecified atom stereocenters. The van der Waals surface area contributed by atoms with Gasteiger partial charge in [-0.2, -0.15) is 13.2 Å².